The minimum atomic E-state index is -0.462. The average Bonchev–Trinajstić information content (AvgIpc) is 2.19. The van der Waals surface area contributed by atoms with Crippen molar-refractivity contribution in [3.05, 3.63) is 29.0 Å². The third-order valence-corrected chi connectivity index (χ3v) is 2.87. The van der Waals surface area contributed by atoms with Crippen molar-refractivity contribution in [3.8, 4) is 0 Å². The van der Waals surface area contributed by atoms with Gasteiger partial charge in [-0.3, -0.25) is 4.79 Å². The van der Waals surface area contributed by atoms with Crippen LogP contribution in [0.1, 0.15) is 13.8 Å². The van der Waals surface area contributed by atoms with Crippen LogP contribution >= 0.6 is 23.4 Å². The summed E-state index contributed by atoms with van der Waals surface area (Å²) >= 11 is 6.88. The number of carbonyl (C=O) groups excluding carboxylic acids is 1. The second-order valence-electron chi connectivity index (χ2n) is 3.40. The molecule has 0 heterocycles. The second-order valence-corrected chi connectivity index (χ2v) is 4.86. The first-order valence-electron chi connectivity index (χ1n) is 4.76. The standard InChI is InChI=1S/C11H12ClFO2S/c1-7(2)15-11(14)6-16-8-3-4-10(13)9(12)5-8/h3-5,7H,6H2,1-2H3. The monoisotopic (exact) mass is 262 g/mol. The highest BCUT2D eigenvalue weighted by Crippen LogP contribution is 2.24. The van der Waals surface area contributed by atoms with Gasteiger partial charge in [0.25, 0.3) is 0 Å². The van der Waals surface area contributed by atoms with E-state index in [4.69, 9.17) is 16.3 Å². The lowest BCUT2D eigenvalue weighted by molar-refractivity contribution is -0.144. The summed E-state index contributed by atoms with van der Waals surface area (Å²) in [6.07, 6.45) is -0.120. The molecule has 0 amide bonds. The van der Waals surface area contributed by atoms with E-state index >= 15 is 0 Å². The zero-order valence-electron chi connectivity index (χ0n) is 9.00. The average molecular weight is 263 g/mol. The first-order chi connectivity index (χ1) is 7.49. The minimum Gasteiger partial charge on any atom is -0.462 e. The van der Waals surface area contributed by atoms with E-state index in [1.165, 1.54) is 23.9 Å². The number of ether oxygens (including phenoxy) is 1. The molecular formula is C11H12ClFO2S. The van der Waals surface area contributed by atoms with Gasteiger partial charge in [0.05, 0.1) is 16.9 Å². The van der Waals surface area contributed by atoms with E-state index in [-0.39, 0.29) is 22.8 Å². The maximum Gasteiger partial charge on any atom is 0.316 e. The Kier molecular flexibility index (Phi) is 5.09. The molecule has 0 saturated carbocycles. The van der Waals surface area contributed by atoms with E-state index in [9.17, 15) is 9.18 Å². The lowest BCUT2D eigenvalue weighted by Gasteiger charge is -2.07. The Bertz CT molecular complexity index is 382. The van der Waals surface area contributed by atoms with Crippen LogP contribution in [0.4, 0.5) is 4.39 Å². The molecule has 0 saturated heterocycles. The van der Waals surface area contributed by atoms with Gasteiger partial charge in [0.15, 0.2) is 0 Å². The molecule has 0 unspecified atom stereocenters. The van der Waals surface area contributed by atoms with Crippen molar-refractivity contribution in [2.75, 3.05) is 5.75 Å². The van der Waals surface area contributed by atoms with E-state index in [1.807, 2.05) is 0 Å². The summed E-state index contributed by atoms with van der Waals surface area (Å²) in [6, 6.07) is 4.34. The van der Waals surface area contributed by atoms with Crippen LogP contribution in [0.15, 0.2) is 23.1 Å². The molecule has 0 aliphatic carbocycles. The number of carbonyl (C=O) groups is 1. The molecule has 0 atom stereocenters. The number of thioether (sulfide) groups is 1. The molecule has 0 spiro atoms. The SMILES string of the molecule is CC(C)OC(=O)CSc1ccc(F)c(Cl)c1. The Labute approximate surface area is 103 Å². The molecule has 0 aliphatic heterocycles. The predicted molar refractivity (Wildman–Crippen MR) is 63.4 cm³/mol. The van der Waals surface area contributed by atoms with Crippen molar-refractivity contribution >= 4 is 29.3 Å². The number of hydrogen-bond donors (Lipinski definition) is 0. The van der Waals surface area contributed by atoms with Crippen LogP contribution in [-0.2, 0) is 9.53 Å². The van der Waals surface area contributed by atoms with Gasteiger partial charge >= 0.3 is 5.97 Å². The van der Waals surface area contributed by atoms with E-state index in [0.717, 1.165) is 4.90 Å². The lowest BCUT2D eigenvalue weighted by atomic mass is 10.3. The Morgan fingerprint density at radius 2 is 2.25 bits per heavy atom. The van der Waals surface area contributed by atoms with Crippen LogP contribution in [0.2, 0.25) is 5.02 Å². The molecule has 88 valence electrons. The highest BCUT2D eigenvalue weighted by molar-refractivity contribution is 8.00. The van der Waals surface area contributed by atoms with Gasteiger partial charge in [0.1, 0.15) is 5.82 Å². The molecule has 1 aromatic carbocycles. The molecule has 0 N–H and O–H groups in total. The normalized spacial score (nSPS) is 10.6. The smallest absolute Gasteiger partial charge is 0.316 e. The quantitative estimate of drug-likeness (QED) is 0.613. The first-order valence-corrected chi connectivity index (χ1v) is 6.12. The van der Waals surface area contributed by atoms with Crippen molar-refractivity contribution in [2.45, 2.75) is 24.8 Å². The molecule has 0 aromatic heterocycles. The fourth-order valence-corrected chi connectivity index (χ4v) is 1.97. The molecule has 0 fully saturated rings. The Morgan fingerprint density at radius 1 is 1.56 bits per heavy atom. The van der Waals surface area contributed by atoms with Gasteiger partial charge in [-0.2, -0.15) is 0 Å². The Hall–Kier alpha value is -0.740. The van der Waals surface area contributed by atoms with Crippen molar-refractivity contribution in [3.63, 3.8) is 0 Å². The second kappa shape index (κ2) is 6.11. The summed E-state index contributed by atoms with van der Waals surface area (Å²) in [5.41, 5.74) is 0. The molecule has 1 rings (SSSR count). The Balaban J connectivity index is 2.48. The topological polar surface area (TPSA) is 26.3 Å². The lowest BCUT2D eigenvalue weighted by Crippen LogP contribution is -2.13. The largest absolute Gasteiger partial charge is 0.462 e. The number of esters is 1. The summed E-state index contributed by atoms with van der Waals surface area (Å²) < 4.78 is 17.8. The number of halogens is 2. The molecular weight excluding hydrogens is 251 g/mol. The van der Waals surface area contributed by atoms with Gasteiger partial charge in [-0.25, -0.2) is 4.39 Å². The first kappa shape index (κ1) is 13.3. The van der Waals surface area contributed by atoms with Crippen molar-refractivity contribution in [2.24, 2.45) is 0 Å². The van der Waals surface area contributed by atoms with Gasteiger partial charge < -0.3 is 4.74 Å². The fourth-order valence-electron chi connectivity index (χ4n) is 1.01. The van der Waals surface area contributed by atoms with E-state index in [0.29, 0.717) is 0 Å². The molecule has 0 radical (unpaired) electrons. The van der Waals surface area contributed by atoms with Gasteiger partial charge in [0, 0.05) is 4.90 Å². The highest BCUT2D eigenvalue weighted by Gasteiger charge is 2.07. The van der Waals surface area contributed by atoms with Crippen LogP contribution in [-0.4, -0.2) is 17.8 Å². The van der Waals surface area contributed by atoms with Crippen LogP contribution in [0.5, 0.6) is 0 Å². The zero-order chi connectivity index (χ0) is 12.1. The van der Waals surface area contributed by atoms with Crippen molar-refractivity contribution < 1.29 is 13.9 Å². The number of rotatable bonds is 4. The van der Waals surface area contributed by atoms with Gasteiger partial charge in [0.2, 0.25) is 0 Å². The van der Waals surface area contributed by atoms with E-state index in [2.05, 4.69) is 0 Å². The molecule has 2 nitrogen and oxygen atoms in total. The summed E-state index contributed by atoms with van der Waals surface area (Å²) in [5, 5.41) is 0.0576. The third-order valence-electron chi connectivity index (χ3n) is 1.61. The predicted octanol–water partition coefficient (Wildman–Crippen LogP) is 3.52. The van der Waals surface area contributed by atoms with E-state index < -0.39 is 5.82 Å². The third kappa shape index (κ3) is 4.41. The fraction of sp³-hybridized carbons (Fsp3) is 0.364. The van der Waals surface area contributed by atoms with Crippen molar-refractivity contribution in [1.82, 2.24) is 0 Å². The van der Waals surface area contributed by atoms with Crippen LogP contribution in [0.25, 0.3) is 0 Å². The highest BCUT2D eigenvalue weighted by atomic mass is 35.5. The molecule has 1 aromatic rings. The maximum absolute atomic E-state index is 12.8. The molecule has 0 aliphatic rings. The molecule has 0 bridgehead atoms. The van der Waals surface area contributed by atoms with Gasteiger partial charge in [-0.15, -0.1) is 11.8 Å². The molecule has 5 heteroatoms. The minimum absolute atomic E-state index is 0.0576. The maximum atomic E-state index is 12.8. The zero-order valence-corrected chi connectivity index (χ0v) is 10.6. The summed E-state index contributed by atoms with van der Waals surface area (Å²) in [7, 11) is 0. The van der Waals surface area contributed by atoms with Gasteiger partial charge in [-0.05, 0) is 32.0 Å². The van der Waals surface area contributed by atoms with Crippen LogP contribution in [0, 0.1) is 5.82 Å². The summed E-state index contributed by atoms with van der Waals surface area (Å²) in [4.78, 5) is 12.0. The number of hydrogen-bond acceptors (Lipinski definition) is 3. The van der Waals surface area contributed by atoms with Crippen LogP contribution in [0.3, 0.4) is 0 Å². The van der Waals surface area contributed by atoms with E-state index in [1.54, 1.807) is 19.9 Å². The molecule has 16 heavy (non-hydrogen) atoms. The number of benzene rings is 1. The van der Waals surface area contributed by atoms with Crippen LogP contribution < -0.4 is 0 Å². The Morgan fingerprint density at radius 3 is 2.81 bits per heavy atom. The summed E-state index contributed by atoms with van der Waals surface area (Å²) in [5.74, 6) is -0.559. The summed E-state index contributed by atoms with van der Waals surface area (Å²) in [6.45, 7) is 3.58. The van der Waals surface area contributed by atoms with Crippen molar-refractivity contribution in [1.29, 1.82) is 0 Å². The van der Waals surface area contributed by atoms with Gasteiger partial charge in [-0.1, -0.05) is 11.6 Å².